The number of benzene rings is 1. The van der Waals surface area contributed by atoms with E-state index in [-0.39, 0.29) is 6.10 Å². The Morgan fingerprint density at radius 1 is 1.35 bits per heavy atom. The molecular formula is C24H34O2. The summed E-state index contributed by atoms with van der Waals surface area (Å²) in [6.45, 7) is 10.7. The van der Waals surface area contributed by atoms with Crippen molar-refractivity contribution in [3.63, 3.8) is 0 Å². The van der Waals surface area contributed by atoms with Crippen molar-refractivity contribution in [2.75, 3.05) is 7.11 Å². The van der Waals surface area contributed by atoms with Gasteiger partial charge >= 0.3 is 0 Å². The molecule has 0 spiro atoms. The SMILES string of the molecule is C=c1c(OC)cc(C2C=C(C)C=CC2)cc1=C(C)CCCCC(O)CC. The molecule has 142 valence electrons. The lowest BCUT2D eigenvalue weighted by molar-refractivity contribution is 0.157. The maximum Gasteiger partial charge on any atom is 0.126 e. The van der Waals surface area contributed by atoms with Crippen LogP contribution in [-0.4, -0.2) is 18.3 Å². The molecule has 0 heterocycles. The van der Waals surface area contributed by atoms with E-state index in [0.29, 0.717) is 5.92 Å². The van der Waals surface area contributed by atoms with Crippen LogP contribution in [0.1, 0.15) is 70.8 Å². The van der Waals surface area contributed by atoms with Crippen LogP contribution in [0, 0.1) is 0 Å². The Kier molecular flexibility index (Phi) is 7.71. The van der Waals surface area contributed by atoms with Crippen LogP contribution in [0.25, 0.3) is 12.2 Å². The van der Waals surface area contributed by atoms with E-state index in [1.165, 1.54) is 21.9 Å². The molecular weight excluding hydrogens is 320 g/mol. The second-order valence-corrected chi connectivity index (χ2v) is 7.49. The van der Waals surface area contributed by atoms with Gasteiger partial charge in [0, 0.05) is 11.1 Å². The molecule has 1 aliphatic carbocycles. The van der Waals surface area contributed by atoms with E-state index in [4.69, 9.17) is 4.74 Å². The summed E-state index contributed by atoms with van der Waals surface area (Å²) in [5.41, 5.74) is 3.97. The number of hydrogen-bond donors (Lipinski definition) is 1. The smallest absolute Gasteiger partial charge is 0.126 e. The van der Waals surface area contributed by atoms with Gasteiger partial charge in [-0.05, 0) is 62.8 Å². The first kappa shape index (κ1) is 20.5. The first-order valence-corrected chi connectivity index (χ1v) is 9.86. The van der Waals surface area contributed by atoms with E-state index in [2.05, 4.69) is 50.8 Å². The van der Waals surface area contributed by atoms with Gasteiger partial charge in [-0.2, -0.15) is 0 Å². The van der Waals surface area contributed by atoms with Crippen molar-refractivity contribution in [3.8, 4) is 5.75 Å². The summed E-state index contributed by atoms with van der Waals surface area (Å²) in [6.07, 6.45) is 12.6. The monoisotopic (exact) mass is 354 g/mol. The van der Waals surface area contributed by atoms with E-state index in [0.717, 1.165) is 49.5 Å². The summed E-state index contributed by atoms with van der Waals surface area (Å²) in [5.74, 6) is 1.28. The van der Waals surface area contributed by atoms with Gasteiger partial charge in [-0.1, -0.05) is 55.4 Å². The molecule has 2 nitrogen and oxygen atoms in total. The topological polar surface area (TPSA) is 29.5 Å². The van der Waals surface area contributed by atoms with Crippen molar-refractivity contribution in [3.05, 3.63) is 51.9 Å². The molecule has 0 aliphatic heterocycles. The number of rotatable bonds is 8. The van der Waals surface area contributed by atoms with Gasteiger partial charge in [0.1, 0.15) is 5.75 Å². The van der Waals surface area contributed by atoms with E-state index in [1.54, 1.807) is 7.11 Å². The number of unbranched alkanes of at least 4 members (excludes halogenated alkanes) is 1. The minimum Gasteiger partial charge on any atom is -0.496 e. The number of ether oxygens (including phenoxy) is 1. The summed E-state index contributed by atoms with van der Waals surface area (Å²) < 4.78 is 5.62. The largest absolute Gasteiger partial charge is 0.496 e. The highest BCUT2D eigenvalue weighted by Gasteiger charge is 2.13. The van der Waals surface area contributed by atoms with Crippen LogP contribution in [-0.2, 0) is 0 Å². The third-order valence-electron chi connectivity index (χ3n) is 5.38. The van der Waals surface area contributed by atoms with Crippen LogP contribution in [0.2, 0.25) is 0 Å². The van der Waals surface area contributed by atoms with E-state index >= 15 is 0 Å². The normalized spacial score (nSPS) is 19.1. The van der Waals surface area contributed by atoms with E-state index < -0.39 is 0 Å². The average molecular weight is 355 g/mol. The van der Waals surface area contributed by atoms with Gasteiger partial charge in [0.05, 0.1) is 13.2 Å². The lowest BCUT2D eigenvalue weighted by Crippen LogP contribution is -2.28. The van der Waals surface area contributed by atoms with Gasteiger partial charge in [-0.25, -0.2) is 0 Å². The molecule has 1 aromatic carbocycles. The highest BCUT2D eigenvalue weighted by Crippen LogP contribution is 2.27. The molecule has 0 amide bonds. The molecule has 0 saturated heterocycles. The van der Waals surface area contributed by atoms with Gasteiger partial charge in [0.2, 0.25) is 0 Å². The number of hydrogen-bond acceptors (Lipinski definition) is 2. The fourth-order valence-electron chi connectivity index (χ4n) is 3.63. The van der Waals surface area contributed by atoms with Crippen molar-refractivity contribution >= 4 is 12.2 Å². The summed E-state index contributed by atoms with van der Waals surface area (Å²) in [6, 6.07) is 4.44. The molecule has 1 aromatic rings. The molecule has 0 aromatic heterocycles. The molecule has 2 unspecified atom stereocenters. The van der Waals surface area contributed by atoms with Gasteiger partial charge in [-0.15, -0.1) is 0 Å². The predicted octanol–water partition coefficient (Wildman–Crippen LogP) is 4.60. The average Bonchev–Trinajstić information content (AvgIpc) is 2.64. The lowest BCUT2D eigenvalue weighted by atomic mass is 9.88. The Bertz CT molecular complexity index is 770. The van der Waals surface area contributed by atoms with Gasteiger partial charge in [0.25, 0.3) is 0 Å². The highest BCUT2D eigenvalue weighted by molar-refractivity contribution is 5.48. The molecule has 2 heteroatoms. The summed E-state index contributed by atoms with van der Waals surface area (Å²) >= 11 is 0. The van der Waals surface area contributed by atoms with Gasteiger partial charge < -0.3 is 9.84 Å². The zero-order valence-corrected chi connectivity index (χ0v) is 16.8. The van der Waals surface area contributed by atoms with Gasteiger partial charge in [0.15, 0.2) is 0 Å². The fourth-order valence-corrected chi connectivity index (χ4v) is 3.63. The highest BCUT2D eigenvalue weighted by atomic mass is 16.5. The number of aliphatic hydroxyl groups excluding tert-OH is 1. The van der Waals surface area contributed by atoms with E-state index in [9.17, 15) is 5.11 Å². The molecule has 26 heavy (non-hydrogen) atoms. The molecule has 2 atom stereocenters. The predicted molar refractivity (Wildman–Crippen MR) is 112 cm³/mol. The summed E-state index contributed by atoms with van der Waals surface area (Å²) in [7, 11) is 1.72. The molecule has 2 rings (SSSR count). The minimum absolute atomic E-state index is 0.156. The first-order valence-electron chi connectivity index (χ1n) is 9.86. The van der Waals surface area contributed by atoms with Crippen molar-refractivity contribution in [1.29, 1.82) is 0 Å². The second-order valence-electron chi connectivity index (χ2n) is 7.49. The number of methoxy groups -OCH3 is 1. The standard InChI is InChI=1S/C24H34O2/c1-6-22(25)13-8-7-11-18(3)23-15-21(16-24(26-5)19(23)4)20-12-9-10-17(2)14-20/h9-10,14-16,20,22,25H,4,6-8,11-13H2,1-3,5H3. The van der Waals surface area contributed by atoms with Crippen molar-refractivity contribution in [2.45, 2.75) is 71.3 Å². The van der Waals surface area contributed by atoms with Crippen LogP contribution in [0.3, 0.4) is 0 Å². The van der Waals surface area contributed by atoms with Crippen LogP contribution >= 0.6 is 0 Å². The zero-order valence-electron chi connectivity index (χ0n) is 16.8. The summed E-state index contributed by atoms with van der Waals surface area (Å²) in [5, 5.41) is 11.9. The van der Waals surface area contributed by atoms with Crippen molar-refractivity contribution in [2.24, 2.45) is 0 Å². The number of aliphatic hydroxyl groups is 1. The maximum absolute atomic E-state index is 9.71. The third-order valence-corrected chi connectivity index (χ3v) is 5.38. The van der Waals surface area contributed by atoms with Crippen LogP contribution in [0.5, 0.6) is 5.75 Å². The quantitative estimate of drug-likeness (QED) is 0.692. The Balaban J connectivity index is 2.27. The third kappa shape index (κ3) is 5.35. The maximum atomic E-state index is 9.71. The van der Waals surface area contributed by atoms with E-state index in [1.807, 2.05) is 6.92 Å². The Morgan fingerprint density at radius 3 is 2.77 bits per heavy atom. The molecule has 0 radical (unpaired) electrons. The second kappa shape index (κ2) is 9.78. The molecule has 1 aliphatic rings. The van der Waals surface area contributed by atoms with Crippen LogP contribution in [0.4, 0.5) is 0 Å². The lowest BCUT2D eigenvalue weighted by Gasteiger charge is -2.17. The molecule has 0 bridgehead atoms. The molecule has 0 fully saturated rings. The Hall–Kier alpha value is -1.80. The molecule has 0 saturated carbocycles. The summed E-state index contributed by atoms with van der Waals surface area (Å²) in [4.78, 5) is 0. The Morgan fingerprint density at radius 2 is 2.12 bits per heavy atom. The van der Waals surface area contributed by atoms with Crippen LogP contribution in [0.15, 0.2) is 35.9 Å². The minimum atomic E-state index is -0.156. The van der Waals surface area contributed by atoms with Gasteiger partial charge in [-0.3, -0.25) is 0 Å². The molecule has 1 N–H and O–H groups in total. The van der Waals surface area contributed by atoms with Crippen molar-refractivity contribution in [1.82, 2.24) is 0 Å². The first-order chi connectivity index (χ1) is 12.5. The number of allylic oxidation sites excluding steroid dienone is 4. The fraction of sp³-hybridized carbons (Fsp3) is 0.500. The van der Waals surface area contributed by atoms with Crippen LogP contribution < -0.4 is 15.2 Å². The zero-order chi connectivity index (χ0) is 19.1. The Labute approximate surface area is 158 Å². The van der Waals surface area contributed by atoms with Crippen molar-refractivity contribution < 1.29 is 9.84 Å².